The zero-order chi connectivity index (χ0) is 12.8. The van der Waals surface area contributed by atoms with E-state index in [-0.39, 0.29) is 37.0 Å². The van der Waals surface area contributed by atoms with Gasteiger partial charge in [0.15, 0.2) is 12.6 Å². The number of benzene rings is 1. The number of fused-ring (bicyclic) bond motifs is 3. The van der Waals surface area contributed by atoms with Gasteiger partial charge in [-0.2, -0.15) is 0 Å². The van der Waals surface area contributed by atoms with Crippen molar-refractivity contribution in [2.24, 2.45) is 0 Å². The Hall–Kier alpha value is -0.980. The van der Waals surface area contributed by atoms with Crippen LogP contribution in [-0.4, -0.2) is 44.4 Å². The van der Waals surface area contributed by atoms with Gasteiger partial charge in [-0.25, -0.2) is 0 Å². The number of ether oxygens (including phenoxy) is 5. The van der Waals surface area contributed by atoms with Crippen molar-refractivity contribution in [1.82, 2.24) is 0 Å². The van der Waals surface area contributed by atoms with Crippen LogP contribution in [0.4, 0.5) is 0 Å². The van der Waals surface area contributed by atoms with Crippen molar-refractivity contribution < 1.29 is 23.7 Å². The van der Waals surface area contributed by atoms with Crippen LogP contribution in [0, 0.1) is 0 Å². The summed E-state index contributed by atoms with van der Waals surface area (Å²) < 4.78 is 28.4. The fraction of sp³-hybridized carbons (Fsp3) is 0.571. The summed E-state index contributed by atoms with van der Waals surface area (Å²) in [4.78, 5) is 0. The lowest BCUT2D eigenvalue weighted by atomic mass is 10.0. The molecular weight excluding hydrogens is 248 g/mol. The highest BCUT2D eigenvalue weighted by atomic mass is 16.8. The van der Waals surface area contributed by atoms with Crippen molar-refractivity contribution in [2.75, 3.05) is 13.7 Å². The number of rotatable bonds is 2. The molecule has 1 aromatic rings. The summed E-state index contributed by atoms with van der Waals surface area (Å²) in [6.45, 7) is 0.497. The molecule has 19 heavy (non-hydrogen) atoms. The molecule has 102 valence electrons. The zero-order valence-corrected chi connectivity index (χ0v) is 10.6. The maximum Gasteiger partial charge on any atom is 0.186 e. The smallest absolute Gasteiger partial charge is 0.186 e. The first-order valence-electron chi connectivity index (χ1n) is 6.52. The van der Waals surface area contributed by atoms with Crippen molar-refractivity contribution in [3.05, 3.63) is 35.9 Å². The van der Waals surface area contributed by atoms with E-state index < -0.39 is 0 Å². The highest BCUT2D eigenvalue weighted by molar-refractivity contribution is 5.17. The number of hydrogen-bond donors (Lipinski definition) is 0. The van der Waals surface area contributed by atoms with Gasteiger partial charge in [-0.1, -0.05) is 30.3 Å². The van der Waals surface area contributed by atoms with Crippen LogP contribution >= 0.6 is 0 Å². The zero-order valence-electron chi connectivity index (χ0n) is 10.6. The van der Waals surface area contributed by atoms with E-state index in [1.54, 1.807) is 7.11 Å². The number of epoxide rings is 1. The van der Waals surface area contributed by atoms with Crippen LogP contribution in [0.5, 0.6) is 0 Å². The summed E-state index contributed by atoms with van der Waals surface area (Å²) in [6, 6.07) is 9.92. The molecule has 5 nitrogen and oxygen atoms in total. The van der Waals surface area contributed by atoms with E-state index in [0.717, 1.165) is 5.56 Å². The van der Waals surface area contributed by atoms with Gasteiger partial charge in [0.1, 0.15) is 24.4 Å². The average molecular weight is 264 g/mol. The predicted molar refractivity (Wildman–Crippen MR) is 64.3 cm³/mol. The van der Waals surface area contributed by atoms with Crippen LogP contribution in [0.25, 0.3) is 0 Å². The van der Waals surface area contributed by atoms with Crippen LogP contribution in [-0.2, 0) is 23.7 Å². The molecule has 0 radical (unpaired) electrons. The van der Waals surface area contributed by atoms with E-state index in [1.165, 1.54) is 0 Å². The lowest BCUT2D eigenvalue weighted by Crippen LogP contribution is -2.52. The monoisotopic (exact) mass is 264 g/mol. The molecule has 0 N–H and O–H groups in total. The van der Waals surface area contributed by atoms with Crippen LogP contribution in [0.3, 0.4) is 0 Å². The molecule has 3 aliphatic rings. The number of methoxy groups -OCH3 is 1. The third kappa shape index (κ3) is 1.98. The summed E-state index contributed by atoms with van der Waals surface area (Å²) in [5, 5.41) is 0. The van der Waals surface area contributed by atoms with Crippen molar-refractivity contribution in [3.8, 4) is 0 Å². The van der Waals surface area contributed by atoms with Gasteiger partial charge in [-0.05, 0) is 0 Å². The first-order valence-corrected chi connectivity index (χ1v) is 6.52. The van der Waals surface area contributed by atoms with Gasteiger partial charge in [-0.15, -0.1) is 0 Å². The van der Waals surface area contributed by atoms with E-state index in [1.807, 2.05) is 30.3 Å². The van der Waals surface area contributed by atoms with Crippen LogP contribution in [0.15, 0.2) is 30.3 Å². The van der Waals surface area contributed by atoms with E-state index in [2.05, 4.69) is 0 Å². The lowest BCUT2D eigenvalue weighted by Gasteiger charge is -2.39. The summed E-state index contributed by atoms with van der Waals surface area (Å²) in [7, 11) is 1.63. The molecule has 3 aliphatic heterocycles. The molecule has 0 saturated carbocycles. The second-order valence-electron chi connectivity index (χ2n) is 5.02. The molecule has 4 rings (SSSR count). The van der Waals surface area contributed by atoms with Crippen LogP contribution in [0.1, 0.15) is 11.9 Å². The Kier molecular flexibility index (Phi) is 2.82. The van der Waals surface area contributed by atoms with Gasteiger partial charge in [0.05, 0.1) is 6.61 Å². The molecule has 0 aromatic heterocycles. The molecule has 3 heterocycles. The fourth-order valence-corrected chi connectivity index (χ4v) is 2.80. The van der Waals surface area contributed by atoms with Crippen LogP contribution in [0.2, 0.25) is 0 Å². The van der Waals surface area contributed by atoms with Crippen molar-refractivity contribution >= 4 is 0 Å². The second-order valence-corrected chi connectivity index (χ2v) is 5.02. The van der Waals surface area contributed by atoms with Crippen LogP contribution < -0.4 is 0 Å². The highest BCUT2D eigenvalue weighted by Gasteiger charge is 2.60. The van der Waals surface area contributed by atoms with Crippen molar-refractivity contribution in [1.29, 1.82) is 0 Å². The first-order chi connectivity index (χ1) is 9.36. The van der Waals surface area contributed by atoms with Gasteiger partial charge in [0, 0.05) is 12.7 Å². The summed E-state index contributed by atoms with van der Waals surface area (Å²) in [5.74, 6) is 0. The molecular formula is C14H16O5. The van der Waals surface area contributed by atoms with Crippen molar-refractivity contribution in [3.63, 3.8) is 0 Å². The van der Waals surface area contributed by atoms with Gasteiger partial charge >= 0.3 is 0 Å². The molecule has 6 atom stereocenters. The Bertz CT molecular complexity index is 450. The third-order valence-electron chi connectivity index (χ3n) is 3.83. The Labute approximate surface area is 111 Å². The van der Waals surface area contributed by atoms with E-state index >= 15 is 0 Å². The third-order valence-corrected chi connectivity index (χ3v) is 3.83. The lowest BCUT2D eigenvalue weighted by molar-refractivity contribution is -0.304. The molecule has 1 unspecified atom stereocenters. The van der Waals surface area contributed by atoms with Gasteiger partial charge in [-0.3, -0.25) is 0 Å². The van der Waals surface area contributed by atoms with E-state index in [4.69, 9.17) is 23.7 Å². The Morgan fingerprint density at radius 1 is 1.00 bits per heavy atom. The molecule has 3 fully saturated rings. The van der Waals surface area contributed by atoms with E-state index in [9.17, 15) is 0 Å². The summed E-state index contributed by atoms with van der Waals surface area (Å²) in [6.07, 6.45) is -0.759. The maximum absolute atomic E-state index is 6.00. The minimum atomic E-state index is -0.338. The molecule has 0 amide bonds. The standard InChI is InChI=1S/C14H16O5/c1-15-14-12-11(18-12)10-9(17-14)7-16-13(19-10)8-5-3-2-4-6-8/h2-6,9-14H,7H2,1H3/t9-,10-,11+,12-,13?,14+/m1/s1. The summed E-state index contributed by atoms with van der Waals surface area (Å²) in [5.41, 5.74) is 1.02. The topological polar surface area (TPSA) is 49.5 Å². The maximum atomic E-state index is 6.00. The molecule has 0 bridgehead atoms. The summed E-state index contributed by atoms with van der Waals surface area (Å²) >= 11 is 0. The Morgan fingerprint density at radius 3 is 2.63 bits per heavy atom. The van der Waals surface area contributed by atoms with Gasteiger partial charge < -0.3 is 23.7 Å². The Balaban J connectivity index is 1.50. The minimum Gasteiger partial charge on any atom is -0.361 e. The van der Waals surface area contributed by atoms with Crippen molar-refractivity contribution in [2.45, 2.75) is 37.0 Å². The molecule has 3 saturated heterocycles. The molecule has 1 aromatic carbocycles. The second kappa shape index (κ2) is 4.54. The van der Waals surface area contributed by atoms with E-state index in [0.29, 0.717) is 6.61 Å². The largest absolute Gasteiger partial charge is 0.361 e. The average Bonchev–Trinajstić information content (AvgIpc) is 3.27. The molecule has 0 aliphatic carbocycles. The minimum absolute atomic E-state index is 0.000716. The normalized spacial score (nSPS) is 44.3. The predicted octanol–water partition coefficient (Wildman–Crippen LogP) is 1.24. The first kappa shape index (κ1) is 11.8. The van der Waals surface area contributed by atoms with Gasteiger partial charge in [0.25, 0.3) is 0 Å². The molecule has 0 spiro atoms. The van der Waals surface area contributed by atoms with Gasteiger partial charge in [0.2, 0.25) is 0 Å². The molecule has 5 heteroatoms. The quantitative estimate of drug-likeness (QED) is 0.752. The SMILES string of the molecule is CO[C@H]1O[C@@H]2COC(c3ccccc3)O[C@H]2[C@@H]2O[C@@H]12. The fourth-order valence-electron chi connectivity index (χ4n) is 2.80. The number of hydrogen-bond acceptors (Lipinski definition) is 5. The highest BCUT2D eigenvalue weighted by Crippen LogP contribution is 2.43. The Morgan fingerprint density at radius 2 is 1.84 bits per heavy atom.